The van der Waals surface area contributed by atoms with Crippen molar-refractivity contribution in [2.45, 2.75) is 39.7 Å². The van der Waals surface area contributed by atoms with E-state index in [1.165, 1.54) is 11.1 Å². The van der Waals surface area contributed by atoms with Crippen LogP contribution in [0.3, 0.4) is 0 Å². The van der Waals surface area contributed by atoms with Gasteiger partial charge in [-0.15, -0.1) is 0 Å². The summed E-state index contributed by atoms with van der Waals surface area (Å²) in [6.07, 6.45) is 3.52. The quantitative estimate of drug-likeness (QED) is 0.616. The van der Waals surface area contributed by atoms with Gasteiger partial charge in [0.15, 0.2) is 0 Å². The SMILES string of the molecule is CC.CC1c2ccccc2CCN1C(=O)/C(C#N)=C\C1CCOC1. The number of hydrogen-bond donors (Lipinski definition) is 0. The Balaban J connectivity index is 0.00000100. The maximum atomic E-state index is 12.7. The van der Waals surface area contributed by atoms with Crippen LogP contribution in [0.2, 0.25) is 0 Å². The zero-order valence-corrected chi connectivity index (χ0v) is 14.8. The molecule has 4 nitrogen and oxygen atoms in total. The number of amides is 1. The van der Waals surface area contributed by atoms with Crippen molar-refractivity contribution in [3.8, 4) is 6.07 Å². The highest BCUT2D eigenvalue weighted by molar-refractivity contribution is 5.97. The van der Waals surface area contributed by atoms with Gasteiger partial charge in [-0.1, -0.05) is 44.2 Å². The number of fused-ring (bicyclic) bond motifs is 1. The van der Waals surface area contributed by atoms with E-state index < -0.39 is 0 Å². The summed E-state index contributed by atoms with van der Waals surface area (Å²) in [5, 5.41) is 9.36. The van der Waals surface area contributed by atoms with Crippen LogP contribution in [0.1, 0.15) is 44.4 Å². The fourth-order valence-electron chi connectivity index (χ4n) is 3.28. The topological polar surface area (TPSA) is 53.3 Å². The van der Waals surface area contributed by atoms with E-state index in [0.29, 0.717) is 19.8 Å². The highest BCUT2D eigenvalue weighted by Crippen LogP contribution is 2.30. The zero-order valence-electron chi connectivity index (χ0n) is 14.8. The predicted octanol–water partition coefficient (Wildman–Crippen LogP) is 3.64. The first-order valence-corrected chi connectivity index (χ1v) is 8.79. The number of benzene rings is 1. The van der Waals surface area contributed by atoms with Crippen molar-refractivity contribution in [3.05, 3.63) is 47.0 Å². The summed E-state index contributed by atoms with van der Waals surface area (Å²) in [4.78, 5) is 14.5. The van der Waals surface area contributed by atoms with E-state index in [0.717, 1.165) is 12.8 Å². The molecular formula is C20H26N2O2. The molecule has 4 heteroatoms. The minimum absolute atomic E-state index is 0.00836. The molecule has 0 bridgehead atoms. The van der Waals surface area contributed by atoms with Crippen molar-refractivity contribution in [3.63, 3.8) is 0 Å². The van der Waals surface area contributed by atoms with Gasteiger partial charge in [-0.2, -0.15) is 5.26 Å². The Morgan fingerprint density at radius 3 is 2.79 bits per heavy atom. The van der Waals surface area contributed by atoms with E-state index in [1.54, 1.807) is 6.08 Å². The Hall–Kier alpha value is -2.12. The lowest BCUT2D eigenvalue weighted by molar-refractivity contribution is -0.129. The molecule has 0 aliphatic carbocycles. The molecular weight excluding hydrogens is 300 g/mol. The number of nitrogens with zero attached hydrogens (tertiary/aromatic N) is 2. The normalized spacial score (nSPS) is 22.9. The lowest BCUT2D eigenvalue weighted by Gasteiger charge is -2.35. The molecule has 0 spiro atoms. The lowest BCUT2D eigenvalue weighted by atomic mass is 9.93. The summed E-state index contributed by atoms with van der Waals surface area (Å²) in [6.45, 7) is 8.01. The van der Waals surface area contributed by atoms with Crippen LogP contribution >= 0.6 is 0 Å². The highest BCUT2D eigenvalue weighted by atomic mass is 16.5. The van der Waals surface area contributed by atoms with Gasteiger partial charge in [-0.3, -0.25) is 4.79 Å². The number of carbonyl (C=O) groups is 1. The van der Waals surface area contributed by atoms with Crippen LogP contribution < -0.4 is 0 Å². The van der Waals surface area contributed by atoms with Crippen LogP contribution in [0, 0.1) is 17.2 Å². The summed E-state index contributed by atoms with van der Waals surface area (Å²) in [5.41, 5.74) is 2.73. The summed E-state index contributed by atoms with van der Waals surface area (Å²) < 4.78 is 5.32. The summed E-state index contributed by atoms with van der Waals surface area (Å²) in [7, 11) is 0. The minimum atomic E-state index is -0.156. The number of carbonyl (C=O) groups excluding carboxylic acids is 1. The van der Waals surface area contributed by atoms with E-state index >= 15 is 0 Å². The van der Waals surface area contributed by atoms with Gasteiger partial charge in [0.05, 0.1) is 12.6 Å². The van der Waals surface area contributed by atoms with Gasteiger partial charge >= 0.3 is 0 Å². The molecule has 1 amide bonds. The first-order chi connectivity index (χ1) is 11.7. The lowest BCUT2D eigenvalue weighted by Crippen LogP contribution is -2.39. The summed E-state index contributed by atoms with van der Waals surface area (Å²) >= 11 is 0. The Morgan fingerprint density at radius 1 is 1.38 bits per heavy atom. The Labute approximate surface area is 144 Å². The maximum Gasteiger partial charge on any atom is 0.264 e. The van der Waals surface area contributed by atoms with Crippen LogP contribution in [-0.2, 0) is 16.0 Å². The molecule has 0 aromatic heterocycles. The molecule has 3 rings (SSSR count). The van der Waals surface area contributed by atoms with Crippen LogP contribution in [0.15, 0.2) is 35.9 Å². The minimum Gasteiger partial charge on any atom is -0.381 e. The van der Waals surface area contributed by atoms with Crippen LogP contribution in [0.4, 0.5) is 0 Å². The van der Waals surface area contributed by atoms with Gasteiger partial charge in [-0.05, 0) is 30.9 Å². The van der Waals surface area contributed by atoms with E-state index in [9.17, 15) is 10.1 Å². The van der Waals surface area contributed by atoms with Gasteiger partial charge in [0, 0.05) is 19.1 Å². The Bertz CT molecular complexity index is 639. The van der Waals surface area contributed by atoms with Gasteiger partial charge in [-0.25, -0.2) is 0 Å². The number of hydrogen-bond acceptors (Lipinski definition) is 3. The Morgan fingerprint density at radius 2 is 2.12 bits per heavy atom. The Kier molecular flexibility index (Phi) is 6.57. The van der Waals surface area contributed by atoms with E-state index in [-0.39, 0.29) is 23.4 Å². The fraction of sp³-hybridized carbons (Fsp3) is 0.500. The molecule has 0 N–H and O–H groups in total. The van der Waals surface area contributed by atoms with Crippen molar-refractivity contribution in [2.75, 3.05) is 19.8 Å². The van der Waals surface area contributed by atoms with E-state index in [2.05, 4.69) is 18.2 Å². The molecule has 1 saturated heterocycles. The van der Waals surface area contributed by atoms with Crippen molar-refractivity contribution in [1.29, 1.82) is 5.26 Å². The maximum absolute atomic E-state index is 12.7. The third-order valence-corrected chi connectivity index (χ3v) is 4.57. The van der Waals surface area contributed by atoms with Gasteiger partial charge < -0.3 is 9.64 Å². The largest absolute Gasteiger partial charge is 0.381 e. The van der Waals surface area contributed by atoms with Crippen molar-refractivity contribution < 1.29 is 9.53 Å². The van der Waals surface area contributed by atoms with E-state index in [4.69, 9.17) is 4.74 Å². The zero-order chi connectivity index (χ0) is 17.5. The molecule has 24 heavy (non-hydrogen) atoms. The van der Waals surface area contributed by atoms with Crippen molar-refractivity contribution in [2.24, 2.45) is 5.92 Å². The first kappa shape index (κ1) is 18.2. The monoisotopic (exact) mass is 326 g/mol. The van der Waals surface area contributed by atoms with Gasteiger partial charge in [0.1, 0.15) is 11.6 Å². The average molecular weight is 326 g/mol. The van der Waals surface area contributed by atoms with Crippen molar-refractivity contribution in [1.82, 2.24) is 4.90 Å². The van der Waals surface area contributed by atoms with Crippen LogP contribution in [-0.4, -0.2) is 30.6 Å². The molecule has 0 radical (unpaired) electrons. The van der Waals surface area contributed by atoms with E-state index in [1.807, 2.05) is 37.8 Å². The molecule has 2 aliphatic rings. The number of ether oxygens (including phenoxy) is 1. The second-order valence-electron chi connectivity index (χ2n) is 5.94. The fourth-order valence-corrected chi connectivity index (χ4v) is 3.28. The highest BCUT2D eigenvalue weighted by Gasteiger charge is 2.29. The van der Waals surface area contributed by atoms with Crippen LogP contribution in [0.25, 0.3) is 0 Å². The molecule has 2 heterocycles. The number of rotatable bonds is 2. The third kappa shape index (κ3) is 3.85. The molecule has 2 unspecified atom stereocenters. The average Bonchev–Trinajstić information content (AvgIpc) is 3.14. The molecule has 1 aromatic rings. The molecule has 1 fully saturated rings. The summed E-state index contributed by atoms with van der Waals surface area (Å²) in [6, 6.07) is 10.3. The van der Waals surface area contributed by atoms with Gasteiger partial charge in [0.25, 0.3) is 5.91 Å². The smallest absolute Gasteiger partial charge is 0.264 e. The molecule has 2 aliphatic heterocycles. The molecule has 1 aromatic carbocycles. The molecule has 128 valence electrons. The third-order valence-electron chi connectivity index (χ3n) is 4.57. The van der Waals surface area contributed by atoms with Gasteiger partial charge in [0.2, 0.25) is 0 Å². The second kappa shape index (κ2) is 8.65. The predicted molar refractivity (Wildman–Crippen MR) is 94.2 cm³/mol. The second-order valence-corrected chi connectivity index (χ2v) is 5.94. The summed E-state index contributed by atoms with van der Waals surface area (Å²) in [5.74, 6) is 0.0300. The standard InChI is InChI=1S/C18H20N2O2.C2H6/c1-13-17-5-3-2-4-15(17)6-8-20(13)18(21)16(11-19)10-14-7-9-22-12-14;1-2/h2-5,10,13-14H,6-9,12H2,1H3;1-2H3/b16-10-;. The first-order valence-electron chi connectivity index (χ1n) is 8.79. The molecule has 2 atom stereocenters. The molecule has 0 saturated carbocycles. The van der Waals surface area contributed by atoms with Crippen LogP contribution in [0.5, 0.6) is 0 Å². The number of nitriles is 1. The van der Waals surface area contributed by atoms with Crippen molar-refractivity contribution >= 4 is 5.91 Å².